The SMILES string of the molecule is O=C(Nc1ccc(SN2CCCCC2)cc1)c1cc(Cl)ccc1NS(=O)(=O)c1ccc(Cl)s1. The highest BCUT2D eigenvalue weighted by molar-refractivity contribution is 7.97. The minimum atomic E-state index is -3.90. The Kier molecular flexibility index (Phi) is 7.88. The Balaban J connectivity index is 1.48. The Bertz CT molecular complexity index is 1240. The summed E-state index contributed by atoms with van der Waals surface area (Å²) >= 11 is 14.6. The van der Waals surface area contributed by atoms with Crippen LogP contribution in [0.25, 0.3) is 0 Å². The number of hydrogen-bond acceptors (Lipinski definition) is 6. The molecule has 2 aromatic carbocycles. The van der Waals surface area contributed by atoms with Crippen LogP contribution in [0.15, 0.2) is 63.7 Å². The molecular weight excluding hydrogens is 521 g/mol. The first-order valence-corrected chi connectivity index (χ1v) is 14.1. The number of halogens is 2. The van der Waals surface area contributed by atoms with Gasteiger partial charge < -0.3 is 5.32 Å². The molecular formula is C22H21Cl2N3O3S3. The molecule has 0 spiro atoms. The van der Waals surface area contributed by atoms with Crippen molar-refractivity contribution >= 4 is 73.8 Å². The van der Waals surface area contributed by atoms with Gasteiger partial charge in [0.1, 0.15) is 4.21 Å². The predicted octanol–water partition coefficient (Wildman–Crippen LogP) is 6.60. The van der Waals surface area contributed by atoms with Crippen molar-refractivity contribution in [1.82, 2.24) is 4.31 Å². The lowest BCUT2D eigenvalue weighted by atomic mass is 10.1. The number of carbonyl (C=O) groups excluding carboxylic acids is 1. The highest BCUT2D eigenvalue weighted by Gasteiger charge is 2.21. The zero-order valence-electron chi connectivity index (χ0n) is 17.4. The average molecular weight is 543 g/mol. The van der Waals surface area contributed by atoms with Crippen LogP contribution in [-0.2, 0) is 10.0 Å². The number of rotatable bonds is 7. The van der Waals surface area contributed by atoms with Gasteiger partial charge in [-0.05, 0) is 79.4 Å². The summed E-state index contributed by atoms with van der Waals surface area (Å²) in [7, 11) is -3.90. The molecule has 0 radical (unpaired) electrons. The van der Waals surface area contributed by atoms with Crippen LogP contribution in [0.4, 0.5) is 11.4 Å². The van der Waals surface area contributed by atoms with E-state index in [0.717, 1.165) is 29.3 Å². The summed E-state index contributed by atoms with van der Waals surface area (Å²) in [5, 5.41) is 3.13. The van der Waals surface area contributed by atoms with Gasteiger partial charge in [-0.15, -0.1) is 11.3 Å². The maximum absolute atomic E-state index is 13.0. The van der Waals surface area contributed by atoms with E-state index < -0.39 is 15.9 Å². The number of thiophene rings is 1. The average Bonchev–Trinajstić information content (AvgIpc) is 3.24. The number of piperidine rings is 1. The lowest BCUT2D eigenvalue weighted by Gasteiger charge is -2.25. The van der Waals surface area contributed by atoms with Crippen LogP contribution in [0.3, 0.4) is 0 Å². The first kappa shape index (κ1) is 24.4. The van der Waals surface area contributed by atoms with E-state index in [0.29, 0.717) is 15.0 Å². The summed E-state index contributed by atoms with van der Waals surface area (Å²) in [6.45, 7) is 2.16. The molecule has 4 rings (SSSR count). The highest BCUT2D eigenvalue weighted by Crippen LogP contribution is 2.30. The smallest absolute Gasteiger partial charge is 0.271 e. The number of carbonyl (C=O) groups is 1. The van der Waals surface area contributed by atoms with Gasteiger partial charge in [0.15, 0.2) is 0 Å². The van der Waals surface area contributed by atoms with Gasteiger partial charge in [0.05, 0.1) is 15.6 Å². The summed E-state index contributed by atoms with van der Waals surface area (Å²) in [4.78, 5) is 14.1. The monoisotopic (exact) mass is 541 g/mol. The first-order valence-electron chi connectivity index (χ1n) is 10.2. The Morgan fingerprint density at radius 3 is 2.36 bits per heavy atom. The first-order chi connectivity index (χ1) is 15.8. The molecule has 0 unspecified atom stereocenters. The minimum Gasteiger partial charge on any atom is -0.322 e. The third-order valence-electron chi connectivity index (χ3n) is 4.95. The standard InChI is InChI=1S/C22H21Cl2N3O3S3/c23-15-4-9-19(26-33(29,30)21-11-10-20(24)31-21)18(14-15)22(28)25-16-5-7-17(8-6-16)32-27-12-2-1-3-13-27/h4-11,14,26H,1-3,12-13H2,(H,25,28). The molecule has 0 aliphatic carbocycles. The highest BCUT2D eigenvalue weighted by atomic mass is 35.5. The Labute approximate surface area is 211 Å². The minimum absolute atomic E-state index is 0.0515. The molecule has 1 amide bonds. The summed E-state index contributed by atoms with van der Waals surface area (Å²) < 4.78 is 30.6. The summed E-state index contributed by atoms with van der Waals surface area (Å²) in [6.07, 6.45) is 3.71. The lowest BCUT2D eigenvalue weighted by molar-refractivity contribution is 0.102. The molecule has 174 valence electrons. The lowest BCUT2D eigenvalue weighted by Crippen LogP contribution is -2.22. The third kappa shape index (κ3) is 6.44. The molecule has 2 heterocycles. The zero-order chi connectivity index (χ0) is 23.4. The normalized spacial score (nSPS) is 14.7. The largest absolute Gasteiger partial charge is 0.322 e. The predicted molar refractivity (Wildman–Crippen MR) is 137 cm³/mol. The molecule has 1 aromatic heterocycles. The molecule has 0 bridgehead atoms. The van der Waals surface area contributed by atoms with E-state index in [1.54, 1.807) is 11.9 Å². The second kappa shape index (κ2) is 10.7. The summed E-state index contributed by atoms with van der Waals surface area (Å²) in [6, 6.07) is 14.9. The van der Waals surface area contributed by atoms with Crippen LogP contribution in [0.1, 0.15) is 29.6 Å². The molecule has 11 heteroatoms. The van der Waals surface area contributed by atoms with Crippen molar-refractivity contribution < 1.29 is 13.2 Å². The second-order valence-corrected chi connectivity index (χ2v) is 12.6. The van der Waals surface area contributed by atoms with Crippen LogP contribution in [0.5, 0.6) is 0 Å². The third-order valence-corrected chi connectivity index (χ3v) is 9.38. The van der Waals surface area contributed by atoms with Gasteiger partial charge in [-0.3, -0.25) is 9.52 Å². The number of anilines is 2. The zero-order valence-corrected chi connectivity index (χ0v) is 21.3. The van der Waals surface area contributed by atoms with E-state index in [-0.39, 0.29) is 15.5 Å². The number of sulfonamides is 1. The van der Waals surface area contributed by atoms with Gasteiger partial charge in [-0.2, -0.15) is 0 Å². The molecule has 0 saturated carbocycles. The number of nitrogens with zero attached hydrogens (tertiary/aromatic N) is 1. The van der Waals surface area contributed by atoms with Crippen molar-refractivity contribution in [3.8, 4) is 0 Å². The fraction of sp³-hybridized carbons (Fsp3) is 0.227. The van der Waals surface area contributed by atoms with Crippen molar-refractivity contribution in [1.29, 1.82) is 0 Å². The molecule has 33 heavy (non-hydrogen) atoms. The van der Waals surface area contributed by atoms with Gasteiger partial charge in [-0.25, -0.2) is 12.7 Å². The Morgan fingerprint density at radius 2 is 1.70 bits per heavy atom. The Morgan fingerprint density at radius 1 is 0.970 bits per heavy atom. The molecule has 1 fully saturated rings. The van der Waals surface area contributed by atoms with Crippen molar-refractivity contribution in [2.45, 2.75) is 28.4 Å². The second-order valence-electron chi connectivity index (χ2n) is 7.41. The quantitative estimate of drug-likeness (QED) is 0.329. The topological polar surface area (TPSA) is 78.5 Å². The van der Waals surface area contributed by atoms with Gasteiger partial charge in [0.25, 0.3) is 15.9 Å². The molecule has 1 aliphatic heterocycles. The van der Waals surface area contributed by atoms with E-state index in [1.165, 1.54) is 49.6 Å². The Hall–Kier alpha value is -1.75. The molecule has 1 saturated heterocycles. The van der Waals surface area contributed by atoms with E-state index in [4.69, 9.17) is 23.2 Å². The molecule has 2 N–H and O–H groups in total. The van der Waals surface area contributed by atoms with Crippen molar-refractivity contribution in [3.05, 3.63) is 69.5 Å². The van der Waals surface area contributed by atoms with Crippen molar-refractivity contribution in [3.63, 3.8) is 0 Å². The maximum Gasteiger partial charge on any atom is 0.271 e. The fourth-order valence-corrected chi connectivity index (χ4v) is 7.06. The van der Waals surface area contributed by atoms with Crippen LogP contribution in [0.2, 0.25) is 9.36 Å². The van der Waals surface area contributed by atoms with Gasteiger partial charge in [0, 0.05) is 28.7 Å². The number of benzene rings is 2. The van der Waals surface area contributed by atoms with Gasteiger partial charge in [0.2, 0.25) is 0 Å². The molecule has 0 atom stereocenters. The van der Waals surface area contributed by atoms with E-state index in [1.807, 2.05) is 24.3 Å². The van der Waals surface area contributed by atoms with Gasteiger partial charge in [-0.1, -0.05) is 29.6 Å². The van der Waals surface area contributed by atoms with Crippen LogP contribution in [0, 0.1) is 0 Å². The van der Waals surface area contributed by atoms with Crippen LogP contribution >= 0.6 is 46.5 Å². The van der Waals surface area contributed by atoms with E-state index in [9.17, 15) is 13.2 Å². The summed E-state index contributed by atoms with van der Waals surface area (Å²) in [5.41, 5.74) is 0.834. The number of amides is 1. The van der Waals surface area contributed by atoms with E-state index in [2.05, 4.69) is 14.3 Å². The van der Waals surface area contributed by atoms with Crippen molar-refractivity contribution in [2.75, 3.05) is 23.1 Å². The fourth-order valence-electron chi connectivity index (χ4n) is 3.33. The summed E-state index contributed by atoms with van der Waals surface area (Å²) in [5.74, 6) is -0.476. The molecule has 3 aromatic rings. The maximum atomic E-state index is 13.0. The molecule has 6 nitrogen and oxygen atoms in total. The van der Waals surface area contributed by atoms with Gasteiger partial charge >= 0.3 is 0 Å². The number of nitrogens with one attached hydrogen (secondary N) is 2. The van der Waals surface area contributed by atoms with E-state index >= 15 is 0 Å². The van der Waals surface area contributed by atoms with Crippen molar-refractivity contribution in [2.24, 2.45) is 0 Å². The van der Waals surface area contributed by atoms with Crippen LogP contribution in [-0.4, -0.2) is 31.7 Å². The molecule has 1 aliphatic rings. The van der Waals surface area contributed by atoms with Crippen LogP contribution < -0.4 is 10.0 Å². The number of hydrogen-bond donors (Lipinski definition) is 2.